The average Bonchev–Trinajstić information content (AvgIpc) is 3.19. The Kier molecular flexibility index (Phi) is 6.45. The number of alkyl carbamates (subject to hydrolysis) is 1. The number of aromatic nitrogens is 2. The molecular weight excluding hydrogens is 366 g/mol. The van der Waals surface area contributed by atoms with Crippen molar-refractivity contribution in [3.63, 3.8) is 0 Å². The van der Waals surface area contributed by atoms with E-state index < -0.39 is 29.6 Å². The molecule has 1 atom stereocenters. The van der Waals surface area contributed by atoms with Crippen molar-refractivity contribution in [2.75, 3.05) is 5.43 Å². The lowest BCUT2D eigenvalue weighted by Gasteiger charge is -2.22. The highest BCUT2D eigenvalue weighted by atomic mass is 16.6. The number of ether oxygens (including phenoxy) is 1. The highest BCUT2D eigenvalue weighted by molar-refractivity contribution is 5.95. The fourth-order valence-electron chi connectivity index (χ4n) is 2.19. The van der Waals surface area contributed by atoms with Gasteiger partial charge >= 0.3 is 6.09 Å². The van der Waals surface area contributed by atoms with Gasteiger partial charge in [0.05, 0.1) is 6.54 Å². The van der Waals surface area contributed by atoms with Gasteiger partial charge in [0.15, 0.2) is 0 Å². The largest absolute Gasteiger partial charge is 0.444 e. The van der Waals surface area contributed by atoms with E-state index in [1.54, 1.807) is 45.9 Å². The molecule has 0 radical (unpaired) electrons. The van der Waals surface area contributed by atoms with Crippen LogP contribution in [-0.4, -0.2) is 39.4 Å². The van der Waals surface area contributed by atoms with Gasteiger partial charge in [0.1, 0.15) is 28.8 Å². The predicted molar refractivity (Wildman–Crippen MR) is 100 cm³/mol. The first-order chi connectivity index (χ1) is 13.0. The number of nitrogens with one attached hydrogen (secondary N) is 3. The van der Waals surface area contributed by atoms with E-state index in [1.807, 2.05) is 0 Å². The molecule has 0 saturated heterocycles. The minimum atomic E-state index is -0.869. The van der Waals surface area contributed by atoms with E-state index in [-0.39, 0.29) is 12.2 Å². The minimum absolute atomic E-state index is 0.186. The number of rotatable bonds is 6. The van der Waals surface area contributed by atoms with Gasteiger partial charge in [0, 0.05) is 12.3 Å². The van der Waals surface area contributed by atoms with Crippen molar-refractivity contribution in [2.24, 2.45) is 0 Å². The van der Waals surface area contributed by atoms with Gasteiger partial charge in [-0.3, -0.25) is 19.7 Å². The van der Waals surface area contributed by atoms with E-state index in [0.29, 0.717) is 11.5 Å². The van der Waals surface area contributed by atoms with Gasteiger partial charge in [-0.1, -0.05) is 5.16 Å². The Balaban J connectivity index is 1.92. The molecular formula is C18H25N5O5. The molecule has 0 bridgehead atoms. The van der Waals surface area contributed by atoms with Gasteiger partial charge in [-0.25, -0.2) is 4.79 Å². The van der Waals surface area contributed by atoms with E-state index in [1.165, 1.54) is 17.8 Å². The summed E-state index contributed by atoms with van der Waals surface area (Å²) >= 11 is 0. The highest BCUT2D eigenvalue weighted by Crippen LogP contribution is 2.07. The summed E-state index contributed by atoms with van der Waals surface area (Å²) in [6.07, 6.45) is 0.816. The molecule has 0 unspecified atom stereocenters. The average molecular weight is 391 g/mol. The SMILES string of the molecule is Cc1cc(CNC(=O)c2cccn2NC(=O)[C@H](C)NC(=O)OC(C)(C)C)no1. The maximum absolute atomic E-state index is 12.4. The quantitative estimate of drug-likeness (QED) is 0.688. The molecule has 0 spiro atoms. The van der Waals surface area contributed by atoms with Gasteiger partial charge in [-0.2, -0.15) is 0 Å². The van der Waals surface area contributed by atoms with Crippen LogP contribution in [0, 0.1) is 6.92 Å². The predicted octanol–water partition coefficient (Wildman–Crippen LogP) is 1.70. The van der Waals surface area contributed by atoms with Crippen LogP contribution >= 0.6 is 0 Å². The van der Waals surface area contributed by atoms with Crippen LogP contribution in [0.3, 0.4) is 0 Å². The third kappa shape index (κ3) is 6.15. The van der Waals surface area contributed by atoms with Crippen molar-refractivity contribution < 1.29 is 23.6 Å². The molecule has 10 nitrogen and oxygen atoms in total. The molecule has 0 aliphatic carbocycles. The first-order valence-corrected chi connectivity index (χ1v) is 8.73. The van der Waals surface area contributed by atoms with E-state index in [9.17, 15) is 14.4 Å². The molecule has 2 heterocycles. The zero-order valence-corrected chi connectivity index (χ0v) is 16.5. The first kappa shape index (κ1) is 21.0. The fraction of sp³-hybridized carbons (Fsp3) is 0.444. The molecule has 10 heteroatoms. The van der Waals surface area contributed by atoms with Crippen LogP contribution in [0.2, 0.25) is 0 Å². The van der Waals surface area contributed by atoms with Gasteiger partial charge < -0.3 is 19.9 Å². The van der Waals surface area contributed by atoms with E-state index >= 15 is 0 Å². The van der Waals surface area contributed by atoms with Gasteiger partial charge in [0.2, 0.25) is 0 Å². The standard InChI is InChI=1S/C18H25N5O5/c1-11-9-13(22-28-11)10-19-16(25)14-7-6-8-23(14)21-15(24)12(2)20-17(26)27-18(3,4)5/h6-9,12H,10H2,1-5H3,(H,19,25)(H,20,26)(H,21,24)/t12-/m0/s1. The second-order valence-electron chi connectivity index (χ2n) is 7.22. The van der Waals surface area contributed by atoms with Crippen LogP contribution < -0.4 is 16.1 Å². The Bertz CT molecular complexity index is 849. The topological polar surface area (TPSA) is 127 Å². The lowest BCUT2D eigenvalue weighted by atomic mass is 10.2. The lowest BCUT2D eigenvalue weighted by Crippen LogP contribution is -2.46. The fourth-order valence-corrected chi connectivity index (χ4v) is 2.19. The molecule has 2 rings (SSSR count). The number of hydrogen-bond donors (Lipinski definition) is 3. The maximum atomic E-state index is 12.4. The van der Waals surface area contributed by atoms with Crippen LogP contribution in [0.5, 0.6) is 0 Å². The third-order valence-corrected chi connectivity index (χ3v) is 3.45. The molecule has 152 valence electrons. The van der Waals surface area contributed by atoms with Crippen molar-refractivity contribution in [3.05, 3.63) is 41.5 Å². The Morgan fingerprint density at radius 1 is 1.32 bits per heavy atom. The van der Waals surface area contributed by atoms with E-state index in [4.69, 9.17) is 9.26 Å². The molecule has 0 aliphatic heterocycles. The summed E-state index contributed by atoms with van der Waals surface area (Å²) < 4.78 is 11.3. The van der Waals surface area contributed by atoms with Gasteiger partial charge in [-0.05, 0) is 46.8 Å². The molecule has 0 aliphatic rings. The van der Waals surface area contributed by atoms with Crippen molar-refractivity contribution >= 4 is 17.9 Å². The molecule has 3 amide bonds. The second-order valence-corrected chi connectivity index (χ2v) is 7.22. The van der Waals surface area contributed by atoms with Crippen LogP contribution in [-0.2, 0) is 16.1 Å². The summed E-state index contributed by atoms with van der Waals surface area (Å²) in [5.41, 5.74) is 2.69. The molecule has 0 saturated carbocycles. The zero-order chi connectivity index (χ0) is 20.9. The van der Waals surface area contributed by atoms with E-state index in [0.717, 1.165) is 0 Å². The van der Waals surface area contributed by atoms with Crippen LogP contribution in [0.25, 0.3) is 0 Å². The van der Waals surface area contributed by atoms with E-state index in [2.05, 4.69) is 21.2 Å². The Hall–Kier alpha value is -3.30. The Morgan fingerprint density at radius 2 is 2.04 bits per heavy atom. The normalized spacial score (nSPS) is 12.2. The number of carbonyl (C=O) groups excluding carboxylic acids is 3. The first-order valence-electron chi connectivity index (χ1n) is 8.73. The van der Waals surface area contributed by atoms with Crippen LogP contribution in [0.1, 0.15) is 49.6 Å². The smallest absolute Gasteiger partial charge is 0.408 e. The summed E-state index contributed by atoms with van der Waals surface area (Å²) in [5, 5.41) is 8.93. The lowest BCUT2D eigenvalue weighted by molar-refractivity contribution is -0.118. The highest BCUT2D eigenvalue weighted by Gasteiger charge is 2.22. The van der Waals surface area contributed by atoms with Crippen molar-refractivity contribution in [1.29, 1.82) is 0 Å². The minimum Gasteiger partial charge on any atom is -0.444 e. The molecule has 3 N–H and O–H groups in total. The maximum Gasteiger partial charge on any atom is 0.408 e. The monoisotopic (exact) mass is 391 g/mol. The number of carbonyl (C=O) groups is 3. The molecule has 2 aromatic heterocycles. The van der Waals surface area contributed by atoms with Gasteiger partial charge in [-0.15, -0.1) is 0 Å². The number of aryl methyl sites for hydroxylation is 1. The third-order valence-electron chi connectivity index (χ3n) is 3.45. The molecule has 0 fully saturated rings. The van der Waals surface area contributed by atoms with Crippen molar-refractivity contribution in [1.82, 2.24) is 20.5 Å². The van der Waals surface area contributed by atoms with Crippen molar-refractivity contribution in [2.45, 2.75) is 52.8 Å². The summed E-state index contributed by atoms with van der Waals surface area (Å²) in [7, 11) is 0. The number of hydrogen-bond acceptors (Lipinski definition) is 6. The Morgan fingerprint density at radius 3 is 2.64 bits per heavy atom. The van der Waals surface area contributed by atoms with Crippen LogP contribution in [0.15, 0.2) is 28.9 Å². The number of nitrogens with zero attached hydrogens (tertiary/aromatic N) is 2. The molecule has 0 aromatic carbocycles. The van der Waals surface area contributed by atoms with Gasteiger partial charge in [0.25, 0.3) is 11.8 Å². The summed E-state index contributed by atoms with van der Waals surface area (Å²) in [6.45, 7) is 8.62. The summed E-state index contributed by atoms with van der Waals surface area (Å²) in [5.74, 6) is -0.270. The van der Waals surface area contributed by atoms with Crippen molar-refractivity contribution in [3.8, 4) is 0 Å². The zero-order valence-electron chi connectivity index (χ0n) is 16.5. The Labute approximate surface area is 162 Å². The second kappa shape index (κ2) is 8.59. The molecule has 2 aromatic rings. The summed E-state index contributed by atoms with van der Waals surface area (Å²) in [4.78, 5) is 36.4. The molecule has 28 heavy (non-hydrogen) atoms. The summed E-state index contributed by atoms with van der Waals surface area (Å²) in [6, 6.07) is 4.01. The number of amides is 3. The van der Waals surface area contributed by atoms with Crippen LogP contribution in [0.4, 0.5) is 4.79 Å².